The minimum atomic E-state index is 0.0853. The zero-order valence-electron chi connectivity index (χ0n) is 13.7. The molecule has 0 amide bonds. The first-order valence-corrected chi connectivity index (χ1v) is 8.80. The van der Waals surface area contributed by atoms with Crippen LogP contribution >= 0.6 is 0 Å². The Labute approximate surface area is 137 Å². The van der Waals surface area contributed by atoms with Gasteiger partial charge in [0.25, 0.3) is 0 Å². The van der Waals surface area contributed by atoms with Crippen molar-refractivity contribution in [2.24, 2.45) is 0 Å². The second-order valence-corrected chi connectivity index (χ2v) is 6.63. The Hall–Kier alpha value is -1.65. The van der Waals surface area contributed by atoms with Crippen molar-refractivity contribution >= 4 is 0 Å². The van der Waals surface area contributed by atoms with Crippen LogP contribution in [-0.2, 0) is 24.1 Å². The van der Waals surface area contributed by atoms with Gasteiger partial charge in [0.2, 0.25) is 0 Å². The smallest absolute Gasteiger partial charge is 0.139 e. The summed E-state index contributed by atoms with van der Waals surface area (Å²) < 4.78 is 8.21. The van der Waals surface area contributed by atoms with Crippen LogP contribution in [0.2, 0.25) is 0 Å². The number of hydrogen-bond donors (Lipinski definition) is 1. The van der Waals surface area contributed by atoms with Crippen LogP contribution in [0.5, 0.6) is 0 Å². The third kappa shape index (κ3) is 2.93. The Balaban J connectivity index is 1.46. The molecule has 4 nitrogen and oxygen atoms in total. The molecule has 122 valence electrons. The maximum absolute atomic E-state index is 6.02. The summed E-state index contributed by atoms with van der Waals surface area (Å²) in [6.45, 7) is 3.92. The highest BCUT2D eigenvalue weighted by Gasteiger charge is 2.34. The quantitative estimate of drug-likeness (QED) is 0.943. The third-order valence-corrected chi connectivity index (χ3v) is 5.23. The number of ether oxygens (including phenoxy) is 1. The van der Waals surface area contributed by atoms with Gasteiger partial charge in [-0.15, -0.1) is 0 Å². The molecule has 23 heavy (non-hydrogen) atoms. The number of fused-ring (bicyclic) bond motifs is 1. The summed E-state index contributed by atoms with van der Waals surface area (Å²) in [5.74, 6) is 1.07. The van der Waals surface area contributed by atoms with Crippen molar-refractivity contribution in [3.63, 3.8) is 0 Å². The first kappa shape index (κ1) is 14.9. The molecule has 4 heteroatoms. The molecule has 0 radical (unpaired) electrons. The first-order valence-electron chi connectivity index (χ1n) is 8.80. The molecule has 1 aromatic heterocycles. The summed E-state index contributed by atoms with van der Waals surface area (Å²) in [6.07, 6.45) is 8.60. The first-order chi connectivity index (χ1) is 11.3. The normalized spacial score (nSPS) is 27.1. The van der Waals surface area contributed by atoms with Crippen molar-refractivity contribution in [1.29, 1.82) is 0 Å². The van der Waals surface area contributed by atoms with E-state index >= 15 is 0 Å². The Bertz CT molecular complexity index is 666. The SMILES string of the molecule is CCn1ccnc1[C@H]1OCC[C@@H]1NC1CCc2ccccc2C1. The number of imidazole rings is 1. The Morgan fingerprint density at radius 1 is 1.26 bits per heavy atom. The molecule has 1 aliphatic heterocycles. The van der Waals surface area contributed by atoms with E-state index in [4.69, 9.17) is 4.74 Å². The van der Waals surface area contributed by atoms with Gasteiger partial charge < -0.3 is 14.6 Å². The lowest BCUT2D eigenvalue weighted by Crippen LogP contribution is -2.43. The molecule has 0 saturated carbocycles. The number of benzene rings is 1. The molecule has 1 unspecified atom stereocenters. The van der Waals surface area contributed by atoms with Crippen LogP contribution in [0.3, 0.4) is 0 Å². The van der Waals surface area contributed by atoms with Gasteiger partial charge in [-0.3, -0.25) is 0 Å². The van der Waals surface area contributed by atoms with Crippen molar-refractivity contribution in [2.45, 2.75) is 57.3 Å². The Morgan fingerprint density at radius 3 is 3.00 bits per heavy atom. The maximum atomic E-state index is 6.02. The van der Waals surface area contributed by atoms with E-state index in [-0.39, 0.29) is 6.10 Å². The number of hydrogen-bond acceptors (Lipinski definition) is 3. The second-order valence-electron chi connectivity index (χ2n) is 6.63. The molecule has 0 bridgehead atoms. The molecule has 1 N–H and O–H groups in total. The fourth-order valence-electron chi connectivity index (χ4n) is 4.00. The van der Waals surface area contributed by atoms with E-state index in [9.17, 15) is 0 Å². The van der Waals surface area contributed by atoms with Crippen molar-refractivity contribution in [2.75, 3.05) is 6.61 Å². The van der Waals surface area contributed by atoms with Crippen molar-refractivity contribution in [1.82, 2.24) is 14.9 Å². The van der Waals surface area contributed by atoms with Crippen LogP contribution in [-0.4, -0.2) is 28.2 Å². The Kier molecular flexibility index (Phi) is 4.19. The van der Waals surface area contributed by atoms with Crippen LogP contribution in [0.1, 0.15) is 42.8 Å². The number of nitrogens with zero attached hydrogens (tertiary/aromatic N) is 2. The van der Waals surface area contributed by atoms with Gasteiger partial charge in [-0.25, -0.2) is 4.98 Å². The molecule has 1 fully saturated rings. The van der Waals surface area contributed by atoms with Crippen LogP contribution in [0.4, 0.5) is 0 Å². The van der Waals surface area contributed by atoms with E-state index in [1.54, 1.807) is 0 Å². The number of aryl methyl sites for hydroxylation is 2. The summed E-state index contributed by atoms with van der Waals surface area (Å²) in [5.41, 5.74) is 3.02. The zero-order chi connectivity index (χ0) is 15.6. The average molecular weight is 311 g/mol. The maximum Gasteiger partial charge on any atom is 0.139 e. The van der Waals surface area contributed by atoms with E-state index in [1.807, 2.05) is 12.4 Å². The number of aromatic nitrogens is 2. The molecule has 3 atom stereocenters. The molecule has 0 spiro atoms. The van der Waals surface area contributed by atoms with Gasteiger partial charge in [-0.1, -0.05) is 24.3 Å². The lowest BCUT2D eigenvalue weighted by Gasteiger charge is -2.30. The summed E-state index contributed by atoms with van der Waals surface area (Å²) in [5, 5.41) is 3.87. The lowest BCUT2D eigenvalue weighted by atomic mass is 9.87. The van der Waals surface area contributed by atoms with Gasteiger partial charge in [0, 0.05) is 37.6 Å². The number of rotatable bonds is 4. The monoisotopic (exact) mass is 311 g/mol. The molecule has 1 aromatic carbocycles. The van der Waals surface area contributed by atoms with E-state index in [1.165, 1.54) is 24.0 Å². The van der Waals surface area contributed by atoms with E-state index in [0.29, 0.717) is 12.1 Å². The van der Waals surface area contributed by atoms with Gasteiger partial charge in [0.05, 0.1) is 0 Å². The Morgan fingerprint density at radius 2 is 2.13 bits per heavy atom. The van der Waals surface area contributed by atoms with Crippen LogP contribution in [0.15, 0.2) is 36.7 Å². The molecule has 2 heterocycles. The van der Waals surface area contributed by atoms with E-state index < -0.39 is 0 Å². The summed E-state index contributed by atoms with van der Waals surface area (Å²) >= 11 is 0. The molecule has 1 saturated heterocycles. The lowest BCUT2D eigenvalue weighted by molar-refractivity contribution is 0.0860. The largest absolute Gasteiger partial charge is 0.369 e. The summed E-state index contributed by atoms with van der Waals surface area (Å²) in [7, 11) is 0. The second kappa shape index (κ2) is 6.46. The van der Waals surface area contributed by atoms with E-state index in [2.05, 4.69) is 46.1 Å². The van der Waals surface area contributed by atoms with Gasteiger partial charge in [0.1, 0.15) is 11.9 Å². The summed E-state index contributed by atoms with van der Waals surface area (Å²) in [6, 6.07) is 9.77. The molecule has 4 rings (SSSR count). The van der Waals surface area contributed by atoms with Gasteiger partial charge >= 0.3 is 0 Å². The minimum Gasteiger partial charge on any atom is -0.369 e. The number of nitrogens with one attached hydrogen (secondary N) is 1. The molecule has 2 aromatic rings. The summed E-state index contributed by atoms with van der Waals surface area (Å²) in [4.78, 5) is 4.55. The van der Waals surface area contributed by atoms with Gasteiger partial charge in [0.15, 0.2) is 0 Å². The topological polar surface area (TPSA) is 39.1 Å². The molecular formula is C19H25N3O. The molecular weight excluding hydrogens is 286 g/mol. The molecule has 1 aliphatic carbocycles. The fraction of sp³-hybridized carbons (Fsp3) is 0.526. The van der Waals surface area contributed by atoms with Crippen molar-refractivity contribution in [3.05, 3.63) is 53.6 Å². The van der Waals surface area contributed by atoms with Crippen molar-refractivity contribution < 1.29 is 4.74 Å². The highest BCUT2D eigenvalue weighted by atomic mass is 16.5. The van der Waals surface area contributed by atoms with Crippen LogP contribution in [0, 0.1) is 0 Å². The minimum absolute atomic E-state index is 0.0853. The van der Waals surface area contributed by atoms with Crippen LogP contribution in [0.25, 0.3) is 0 Å². The predicted octanol–water partition coefficient (Wildman–Crippen LogP) is 2.88. The van der Waals surface area contributed by atoms with Gasteiger partial charge in [-0.2, -0.15) is 0 Å². The van der Waals surface area contributed by atoms with Crippen LogP contribution < -0.4 is 5.32 Å². The zero-order valence-corrected chi connectivity index (χ0v) is 13.7. The van der Waals surface area contributed by atoms with Crippen molar-refractivity contribution in [3.8, 4) is 0 Å². The predicted molar refractivity (Wildman–Crippen MR) is 90.4 cm³/mol. The highest BCUT2D eigenvalue weighted by molar-refractivity contribution is 5.30. The fourth-order valence-corrected chi connectivity index (χ4v) is 4.00. The standard InChI is InChI=1S/C19H25N3O/c1-2-22-11-10-20-19(22)18-17(9-12-23-18)21-16-8-7-14-5-3-4-6-15(14)13-16/h3-6,10-11,16-18,21H,2,7-9,12-13H2,1H3/t16?,17-,18-/m0/s1. The molecule has 2 aliphatic rings. The third-order valence-electron chi connectivity index (χ3n) is 5.23. The van der Waals surface area contributed by atoms with Gasteiger partial charge in [-0.05, 0) is 43.7 Å². The average Bonchev–Trinajstić information content (AvgIpc) is 3.23. The highest BCUT2D eigenvalue weighted by Crippen LogP contribution is 2.30. The van der Waals surface area contributed by atoms with E-state index in [0.717, 1.165) is 31.8 Å².